The number of benzene rings is 2. The summed E-state index contributed by atoms with van der Waals surface area (Å²) >= 11 is 0. The number of anilines is 1. The average Bonchev–Trinajstić information content (AvgIpc) is 3.43. The van der Waals surface area contributed by atoms with E-state index >= 15 is 0 Å². The smallest absolute Gasteiger partial charge is 0.285 e. The first-order valence-corrected chi connectivity index (χ1v) is 13.9. The second-order valence-corrected chi connectivity index (χ2v) is 12.0. The molecule has 0 atom stereocenters. The van der Waals surface area contributed by atoms with Crippen molar-refractivity contribution >= 4 is 27.2 Å². The Hall–Kier alpha value is -4.23. The third-order valence-electron chi connectivity index (χ3n) is 5.79. The van der Waals surface area contributed by atoms with E-state index in [1.165, 1.54) is 30.3 Å². The van der Waals surface area contributed by atoms with Crippen LogP contribution in [-0.2, 0) is 20.9 Å². The Bertz CT molecular complexity index is 1810. The van der Waals surface area contributed by atoms with E-state index in [1.807, 2.05) is 20.8 Å². The Morgan fingerprint density at radius 2 is 1.62 bits per heavy atom. The summed E-state index contributed by atoms with van der Waals surface area (Å²) in [6.45, 7) is 6.34. The minimum Gasteiger partial charge on any atom is -0.336 e. The monoisotopic (exact) mass is 570 g/mol. The van der Waals surface area contributed by atoms with Gasteiger partial charge < -0.3 is 4.98 Å². The molecule has 0 spiro atoms. The SMILES string of the molecule is CC(C)(C)Cn1c(NOS(C)(=O)=O)nc2ccc(-c3[nH]c(-c4c(F)cccc4F)nc3-c3ccc(F)cc3)nc21. The highest BCUT2D eigenvalue weighted by atomic mass is 32.2. The van der Waals surface area contributed by atoms with E-state index < -0.39 is 27.6 Å². The van der Waals surface area contributed by atoms with Gasteiger partial charge in [0.15, 0.2) is 5.65 Å². The van der Waals surface area contributed by atoms with Crippen LogP contribution in [0.3, 0.4) is 0 Å². The zero-order valence-corrected chi connectivity index (χ0v) is 22.8. The number of hydrogen-bond donors (Lipinski definition) is 2. The lowest BCUT2D eigenvalue weighted by molar-refractivity contribution is 0.339. The predicted octanol–water partition coefficient (Wildman–Crippen LogP) is 5.92. The molecule has 0 bridgehead atoms. The van der Waals surface area contributed by atoms with Gasteiger partial charge in [-0.1, -0.05) is 26.8 Å². The molecule has 0 radical (unpaired) electrons. The van der Waals surface area contributed by atoms with E-state index in [2.05, 4.69) is 20.4 Å². The highest BCUT2D eigenvalue weighted by Gasteiger charge is 2.24. The number of aromatic amines is 1. The first-order chi connectivity index (χ1) is 18.8. The Morgan fingerprint density at radius 3 is 2.25 bits per heavy atom. The summed E-state index contributed by atoms with van der Waals surface area (Å²) in [6, 6.07) is 12.3. The first kappa shape index (κ1) is 27.3. The summed E-state index contributed by atoms with van der Waals surface area (Å²) in [6.07, 6.45) is 0.901. The molecular formula is C27H25F3N6O3S. The number of nitrogens with zero attached hydrogens (tertiary/aromatic N) is 4. The van der Waals surface area contributed by atoms with Crippen LogP contribution in [0.1, 0.15) is 20.8 Å². The summed E-state index contributed by atoms with van der Waals surface area (Å²) in [4.78, 5) is 16.7. The normalized spacial score (nSPS) is 12.3. The number of rotatable bonds is 7. The molecule has 3 heterocycles. The average molecular weight is 571 g/mol. The molecule has 13 heteroatoms. The fourth-order valence-corrected chi connectivity index (χ4v) is 4.40. The van der Waals surface area contributed by atoms with Crippen molar-refractivity contribution in [3.63, 3.8) is 0 Å². The molecule has 40 heavy (non-hydrogen) atoms. The molecule has 3 aromatic heterocycles. The second kappa shape index (κ2) is 10.1. The number of pyridine rings is 1. The maximum Gasteiger partial charge on any atom is 0.285 e. The van der Waals surface area contributed by atoms with Gasteiger partial charge in [-0.05, 0) is 53.9 Å². The van der Waals surface area contributed by atoms with Crippen LogP contribution in [-0.4, -0.2) is 39.2 Å². The molecule has 5 rings (SSSR count). The van der Waals surface area contributed by atoms with E-state index in [0.717, 1.165) is 18.4 Å². The van der Waals surface area contributed by atoms with Crippen LogP contribution in [0.25, 0.3) is 45.2 Å². The van der Waals surface area contributed by atoms with Gasteiger partial charge in [-0.25, -0.2) is 33.6 Å². The number of hydrogen-bond acceptors (Lipinski definition) is 7. The molecule has 2 aromatic carbocycles. The van der Waals surface area contributed by atoms with Gasteiger partial charge in [-0.3, -0.25) is 4.57 Å². The van der Waals surface area contributed by atoms with Crippen LogP contribution >= 0.6 is 0 Å². The van der Waals surface area contributed by atoms with Crippen molar-refractivity contribution < 1.29 is 25.9 Å². The molecule has 0 saturated carbocycles. The summed E-state index contributed by atoms with van der Waals surface area (Å²) in [7, 11) is -3.83. The predicted molar refractivity (Wildman–Crippen MR) is 145 cm³/mol. The van der Waals surface area contributed by atoms with Gasteiger partial charge >= 0.3 is 0 Å². The van der Waals surface area contributed by atoms with Crippen molar-refractivity contribution in [1.82, 2.24) is 24.5 Å². The van der Waals surface area contributed by atoms with Crippen molar-refractivity contribution in [2.45, 2.75) is 27.3 Å². The molecule has 0 aliphatic heterocycles. The maximum atomic E-state index is 14.7. The summed E-state index contributed by atoms with van der Waals surface area (Å²) < 4.78 is 72.7. The molecule has 0 aliphatic rings. The molecule has 0 aliphatic carbocycles. The zero-order valence-electron chi connectivity index (χ0n) is 22.0. The minimum atomic E-state index is -3.83. The minimum absolute atomic E-state index is 0.0704. The van der Waals surface area contributed by atoms with Crippen molar-refractivity contribution in [1.29, 1.82) is 0 Å². The van der Waals surface area contributed by atoms with E-state index in [1.54, 1.807) is 16.7 Å². The van der Waals surface area contributed by atoms with Gasteiger partial charge in [-0.2, -0.15) is 8.42 Å². The topological polar surface area (TPSA) is 115 Å². The number of fused-ring (bicyclic) bond motifs is 1. The third-order valence-corrected chi connectivity index (χ3v) is 6.17. The van der Waals surface area contributed by atoms with E-state index in [4.69, 9.17) is 9.27 Å². The summed E-state index contributed by atoms with van der Waals surface area (Å²) in [5.74, 6) is -2.02. The fourth-order valence-electron chi connectivity index (χ4n) is 4.17. The molecule has 0 saturated heterocycles. The molecule has 5 aromatic rings. The van der Waals surface area contributed by atoms with Gasteiger partial charge in [0.25, 0.3) is 10.1 Å². The highest BCUT2D eigenvalue weighted by Crippen LogP contribution is 2.35. The van der Waals surface area contributed by atoms with Crippen LogP contribution in [0.15, 0.2) is 54.6 Å². The second-order valence-electron chi connectivity index (χ2n) is 10.4. The quantitative estimate of drug-likeness (QED) is 0.233. The van der Waals surface area contributed by atoms with E-state index in [0.29, 0.717) is 40.4 Å². The van der Waals surface area contributed by atoms with Crippen LogP contribution in [0.5, 0.6) is 0 Å². The lowest BCUT2D eigenvalue weighted by Crippen LogP contribution is -2.19. The van der Waals surface area contributed by atoms with Crippen molar-refractivity contribution in [2.24, 2.45) is 5.41 Å². The van der Waals surface area contributed by atoms with Crippen LogP contribution in [0.2, 0.25) is 0 Å². The number of H-pyrrole nitrogens is 1. The Balaban J connectivity index is 1.71. The number of halogens is 3. The van der Waals surface area contributed by atoms with Crippen molar-refractivity contribution in [3.05, 3.63) is 72.0 Å². The standard InChI is InChI=1S/C27H25F3N6O3S/c1-27(2,3)14-36-25-20(32-26(36)35-39-40(4,37)38)13-12-19(31-25)23-22(15-8-10-16(28)11-9-15)33-24(34-23)21-17(29)6-5-7-18(21)30/h5-13H,14H2,1-4H3,(H,32,35)(H,33,34). The lowest BCUT2D eigenvalue weighted by Gasteiger charge is -2.20. The molecule has 0 fully saturated rings. The fraction of sp³-hybridized carbons (Fsp3) is 0.222. The van der Waals surface area contributed by atoms with Gasteiger partial charge in [0.1, 0.15) is 28.8 Å². The molecule has 0 amide bonds. The molecule has 2 N–H and O–H groups in total. The number of imidazole rings is 2. The van der Waals surface area contributed by atoms with Crippen LogP contribution in [0, 0.1) is 22.9 Å². The first-order valence-electron chi connectivity index (χ1n) is 12.1. The number of aromatic nitrogens is 5. The van der Waals surface area contributed by atoms with E-state index in [9.17, 15) is 21.6 Å². The molecule has 9 nitrogen and oxygen atoms in total. The lowest BCUT2D eigenvalue weighted by atomic mass is 9.97. The highest BCUT2D eigenvalue weighted by molar-refractivity contribution is 7.86. The van der Waals surface area contributed by atoms with Gasteiger partial charge in [0.2, 0.25) is 5.95 Å². The third kappa shape index (κ3) is 5.70. The van der Waals surface area contributed by atoms with E-state index in [-0.39, 0.29) is 22.8 Å². The van der Waals surface area contributed by atoms with Gasteiger partial charge in [0.05, 0.1) is 28.9 Å². The van der Waals surface area contributed by atoms with Crippen molar-refractivity contribution in [2.75, 3.05) is 11.7 Å². The van der Waals surface area contributed by atoms with Crippen LogP contribution in [0.4, 0.5) is 19.1 Å². The molecular weight excluding hydrogens is 545 g/mol. The van der Waals surface area contributed by atoms with Crippen molar-refractivity contribution in [3.8, 4) is 34.0 Å². The maximum absolute atomic E-state index is 14.7. The molecule has 0 unspecified atom stereocenters. The van der Waals surface area contributed by atoms with Crippen LogP contribution < -0.4 is 5.48 Å². The van der Waals surface area contributed by atoms with Gasteiger partial charge in [0, 0.05) is 12.1 Å². The Labute approximate surface area is 228 Å². The van der Waals surface area contributed by atoms with Gasteiger partial charge in [-0.15, -0.1) is 4.28 Å². The largest absolute Gasteiger partial charge is 0.336 e. The number of nitrogens with one attached hydrogen (secondary N) is 2. The zero-order chi connectivity index (χ0) is 28.8. The molecule has 208 valence electrons. The Kier molecular flexibility index (Phi) is 6.88. The Morgan fingerprint density at radius 1 is 0.950 bits per heavy atom. The summed E-state index contributed by atoms with van der Waals surface area (Å²) in [5, 5.41) is 0. The summed E-state index contributed by atoms with van der Waals surface area (Å²) in [5.41, 5.74) is 4.08.